The van der Waals surface area contributed by atoms with E-state index >= 15 is 0 Å². The molecule has 0 bridgehead atoms. The zero-order valence-electron chi connectivity index (χ0n) is 13.7. The first kappa shape index (κ1) is 16.8. The third-order valence-corrected chi connectivity index (χ3v) is 4.01. The zero-order chi connectivity index (χ0) is 17.6. The van der Waals surface area contributed by atoms with E-state index in [4.69, 9.17) is 15.2 Å². The number of carbonyl (C=O) groups excluding carboxylic acids is 2. The van der Waals surface area contributed by atoms with Crippen molar-refractivity contribution in [1.29, 1.82) is 0 Å². The summed E-state index contributed by atoms with van der Waals surface area (Å²) < 4.78 is 11.1. The van der Waals surface area contributed by atoms with Gasteiger partial charge in [0.2, 0.25) is 11.8 Å². The number of hydrogen-bond donors (Lipinski definition) is 2. The predicted molar refractivity (Wildman–Crippen MR) is 92.5 cm³/mol. The van der Waals surface area contributed by atoms with E-state index in [1.165, 1.54) is 0 Å². The molecule has 0 aliphatic carbocycles. The molecule has 1 atom stereocenters. The van der Waals surface area contributed by atoms with E-state index in [-0.39, 0.29) is 25.0 Å². The van der Waals surface area contributed by atoms with Gasteiger partial charge in [0.1, 0.15) is 11.5 Å². The Morgan fingerprint density at radius 1 is 1.20 bits per heavy atom. The van der Waals surface area contributed by atoms with Gasteiger partial charge in [-0.3, -0.25) is 9.59 Å². The van der Waals surface area contributed by atoms with Gasteiger partial charge in [0, 0.05) is 17.5 Å². The Balaban J connectivity index is 1.51. The number of primary amides is 1. The van der Waals surface area contributed by atoms with Crippen LogP contribution in [0.3, 0.4) is 0 Å². The largest absolute Gasteiger partial charge is 0.493 e. The second-order valence-electron chi connectivity index (χ2n) is 5.79. The Hall–Kier alpha value is -3.02. The Bertz CT molecular complexity index is 776. The lowest BCUT2D eigenvalue weighted by atomic mass is 10.0. The third kappa shape index (κ3) is 4.29. The molecule has 2 aromatic rings. The molecule has 6 nitrogen and oxygen atoms in total. The minimum Gasteiger partial charge on any atom is -0.493 e. The Labute approximate surface area is 145 Å². The smallest absolute Gasteiger partial charge is 0.248 e. The van der Waals surface area contributed by atoms with Crippen molar-refractivity contribution in [3.8, 4) is 11.5 Å². The van der Waals surface area contributed by atoms with Crippen molar-refractivity contribution in [3.05, 3.63) is 59.7 Å². The minimum atomic E-state index is -0.513. The topological polar surface area (TPSA) is 90.7 Å². The molecule has 0 radical (unpaired) electrons. The van der Waals surface area contributed by atoms with Crippen molar-refractivity contribution in [1.82, 2.24) is 5.32 Å². The molecule has 0 saturated heterocycles. The average Bonchev–Trinajstić information content (AvgIpc) is 2.62. The van der Waals surface area contributed by atoms with Crippen molar-refractivity contribution in [2.24, 2.45) is 5.73 Å². The van der Waals surface area contributed by atoms with Crippen molar-refractivity contribution in [2.75, 3.05) is 13.2 Å². The first-order valence-electron chi connectivity index (χ1n) is 8.17. The summed E-state index contributed by atoms with van der Waals surface area (Å²) in [6.07, 6.45) is 0.963. The lowest BCUT2D eigenvalue weighted by Crippen LogP contribution is -2.32. The summed E-state index contributed by atoms with van der Waals surface area (Å²) in [4.78, 5) is 23.3. The summed E-state index contributed by atoms with van der Waals surface area (Å²) in [7, 11) is 0. The number of hydrogen-bond acceptors (Lipinski definition) is 4. The summed E-state index contributed by atoms with van der Waals surface area (Å²) in [5, 5.41) is 3.02. The van der Waals surface area contributed by atoms with Crippen LogP contribution in [0.5, 0.6) is 11.5 Å². The number of benzene rings is 2. The van der Waals surface area contributed by atoms with Gasteiger partial charge in [-0.2, -0.15) is 0 Å². The van der Waals surface area contributed by atoms with Gasteiger partial charge >= 0.3 is 0 Å². The molecular formula is C19H20N2O4. The van der Waals surface area contributed by atoms with Crippen LogP contribution in [0, 0.1) is 0 Å². The molecule has 3 N–H and O–H groups in total. The van der Waals surface area contributed by atoms with Crippen LogP contribution >= 0.6 is 0 Å². The molecule has 1 aliphatic heterocycles. The molecule has 2 aromatic carbocycles. The van der Waals surface area contributed by atoms with Gasteiger partial charge in [0.05, 0.1) is 25.7 Å². The molecule has 0 unspecified atom stereocenters. The highest BCUT2D eigenvalue weighted by atomic mass is 16.5. The molecular weight excluding hydrogens is 320 g/mol. The molecule has 130 valence electrons. The number of nitrogens with two attached hydrogens (primary N) is 1. The van der Waals surface area contributed by atoms with Gasteiger partial charge < -0.3 is 20.5 Å². The molecule has 3 rings (SSSR count). The molecule has 1 aliphatic rings. The maximum Gasteiger partial charge on any atom is 0.248 e. The number of nitrogens with one attached hydrogen (secondary N) is 1. The summed E-state index contributed by atoms with van der Waals surface area (Å²) in [5.74, 6) is 0.730. The number of fused-ring (bicyclic) bond motifs is 1. The first-order chi connectivity index (χ1) is 12.1. The lowest BCUT2D eigenvalue weighted by molar-refractivity contribution is -0.122. The average molecular weight is 340 g/mol. The van der Waals surface area contributed by atoms with Crippen molar-refractivity contribution in [2.45, 2.75) is 18.9 Å². The number of ether oxygens (including phenoxy) is 2. The monoisotopic (exact) mass is 340 g/mol. The van der Waals surface area contributed by atoms with Crippen LogP contribution in [0.4, 0.5) is 0 Å². The van der Waals surface area contributed by atoms with Gasteiger partial charge in [-0.05, 0) is 24.3 Å². The summed E-state index contributed by atoms with van der Waals surface area (Å²) in [6, 6.07) is 14.3. The predicted octanol–water partition coefficient (Wildman–Crippen LogP) is 2.19. The summed E-state index contributed by atoms with van der Waals surface area (Å²) >= 11 is 0. The van der Waals surface area contributed by atoms with Crippen LogP contribution in [0.1, 0.15) is 34.8 Å². The lowest BCUT2D eigenvalue weighted by Gasteiger charge is -2.26. The third-order valence-electron chi connectivity index (χ3n) is 4.01. The van der Waals surface area contributed by atoms with Crippen molar-refractivity contribution < 1.29 is 19.1 Å². The fourth-order valence-corrected chi connectivity index (χ4v) is 2.76. The fraction of sp³-hybridized carbons (Fsp3) is 0.263. The molecule has 2 amide bonds. The highest BCUT2D eigenvalue weighted by Gasteiger charge is 2.22. The fourth-order valence-electron chi connectivity index (χ4n) is 2.76. The number of para-hydroxylation sites is 1. The summed E-state index contributed by atoms with van der Waals surface area (Å²) in [6.45, 7) is 0.803. The molecule has 25 heavy (non-hydrogen) atoms. The van der Waals surface area contributed by atoms with Crippen LogP contribution in [0.15, 0.2) is 48.5 Å². The van der Waals surface area contributed by atoms with Gasteiger partial charge in [0.15, 0.2) is 0 Å². The molecule has 0 aromatic heterocycles. The van der Waals surface area contributed by atoms with Gasteiger partial charge in [-0.25, -0.2) is 0 Å². The molecule has 1 heterocycles. The summed E-state index contributed by atoms with van der Waals surface area (Å²) in [5.41, 5.74) is 6.61. The normalized spacial score (nSPS) is 15.6. The highest BCUT2D eigenvalue weighted by Crippen LogP contribution is 2.31. The number of carbonyl (C=O) groups is 2. The Morgan fingerprint density at radius 2 is 2.04 bits per heavy atom. The maximum atomic E-state index is 12.2. The van der Waals surface area contributed by atoms with Crippen LogP contribution in [0.25, 0.3) is 0 Å². The van der Waals surface area contributed by atoms with Crippen molar-refractivity contribution in [3.63, 3.8) is 0 Å². The van der Waals surface area contributed by atoms with Crippen LogP contribution < -0.4 is 20.5 Å². The second-order valence-corrected chi connectivity index (χ2v) is 5.79. The Kier molecular flexibility index (Phi) is 5.18. The van der Waals surface area contributed by atoms with E-state index in [1.54, 1.807) is 24.3 Å². The number of amides is 2. The first-order valence-corrected chi connectivity index (χ1v) is 8.17. The van der Waals surface area contributed by atoms with E-state index < -0.39 is 5.91 Å². The van der Waals surface area contributed by atoms with E-state index in [9.17, 15) is 9.59 Å². The standard InChI is InChI=1S/C19H20N2O4/c20-19(23)13-4-3-5-14(12-13)24-11-9-18(22)21-16-8-10-25-17-7-2-1-6-15(16)17/h1-7,12,16H,8-11H2,(H2,20,23)(H,21,22)/t16-/m1/s1. The van der Waals surface area contributed by atoms with Crippen LogP contribution in [-0.2, 0) is 4.79 Å². The van der Waals surface area contributed by atoms with Crippen LogP contribution in [0.2, 0.25) is 0 Å². The molecule has 0 spiro atoms. The van der Waals surface area contributed by atoms with E-state index in [2.05, 4.69) is 5.32 Å². The molecule has 0 fully saturated rings. The Morgan fingerprint density at radius 3 is 2.88 bits per heavy atom. The molecule has 6 heteroatoms. The SMILES string of the molecule is NC(=O)c1cccc(OCCC(=O)N[C@@H]2CCOc3ccccc32)c1. The van der Waals surface area contributed by atoms with Gasteiger partial charge in [0.25, 0.3) is 0 Å². The zero-order valence-corrected chi connectivity index (χ0v) is 13.7. The second kappa shape index (κ2) is 7.70. The van der Waals surface area contributed by atoms with E-state index in [0.29, 0.717) is 17.9 Å². The minimum absolute atomic E-state index is 0.0457. The van der Waals surface area contributed by atoms with Gasteiger partial charge in [-0.1, -0.05) is 24.3 Å². The van der Waals surface area contributed by atoms with Crippen LogP contribution in [-0.4, -0.2) is 25.0 Å². The van der Waals surface area contributed by atoms with Crippen molar-refractivity contribution >= 4 is 11.8 Å². The van der Waals surface area contributed by atoms with E-state index in [0.717, 1.165) is 17.7 Å². The quantitative estimate of drug-likeness (QED) is 0.843. The maximum absolute atomic E-state index is 12.2. The molecule has 0 saturated carbocycles. The highest BCUT2D eigenvalue weighted by molar-refractivity contribution is 5.93. The number of rotatable bonds is 6. The van der Waals surface area contributed by atoms with E-state index in [1.807, 2.05) is 24.3 Å². The van der Waals surface area contributed by atoms with Gasteiger partial charge in [-0.15, -0.1) is 0 Å².